The van der Waals surface area contributed by atoms with Gasteiger partial charge in [-0.2, -0.15) is 0 Å². The summed E-state index contributed by atoms with van der Waals surface area (Å²) in [5.41, 5.74) is 0.142. The van der Waals surface area contributed by atoms with Crippen molar-refractivity contribution in [2.24, 2.45) is 5.92 Å². The molecule has 0 aliphatic heterocycles. The summed E-state index contributed by atoms with van der Waals surface area (Å²) < 4.78 is 0. The minimum absolute atomic E-state index is 0.142. The van der Waals surface area contributed by atoms with Gasteiger partial charge in [-0.15, -0.1) is 11.3 Å². The lowest BCUT2D eigenvalue weighted by molar-refractivity contribution is -0.383. The highest BCUT2D eigenvalue weighted by atomic mass is 32.1. The molecule has 0 bridgehead atoms. The van der Waals surface area contributed by atoms with Crippen LogP contribution in [0.1, 0.15) is 57.4 Å². The minimum atomic E-state index is -0.660. The maximum Gasteiger partial charge on any atom is 0.304 e. The monoisotopic (exact) mass is 312 g/mol. The zero-order chi connectivity index (χ0) is 15.6. The summed E-state index contributed by atoms with van der Waals surface area (Å²) in [6, 6.07) is 1.93. The number of anilines is 1. The molecule has 1 fully saturated rings. The standard InChI is InChI=1S/C15H24N2O3S/c1-10(2)9-16(12-6-4-5-7-12)15-13(17(19)20)8-14(21-15)11(3)18/h8,10-12,18H,4-7,9H2,1-3H3/t11-/m1/s1. The second kappa shape index (κ2) is 6.75. The number of thiophene rings is 1. The van der Waals surface area contributed by atoms with Gasteiger partial charge in [0.15, 0.2) is 5.00 Å². The fourth-order valence-electron chi connectivity index (χ4n) is 2.94. The third-order valence-corrected chi connectivity index (χ3v) is 5.24. The largest absolute Gasteiger partial charge is 0.388 e. The molecule has 21 heavy (non-hydrogen) atoms. The highest BCUT2D eigenvalue weighted by molar-refractivity contribution is 7.16. The average Bonchev–Trinajstić information content (AvgIpc) is 3.05. The summed E-state index contributed by atoms with van der Waals surface area (Å²) >= 11 is 1.37. The summed E-state index contributed by atoms with van der Waals surface area (Å²) in [5.74, 6) is 0.447. The number of aliphatic hydroxyl groups excluding tert-OH is 1. The first-order valence-electron chi connectivity index (χ1n) is 7.63. The van der Waals surface area contributed by atoms with Gasteiger partial charge in [-0.25, -0.2) is 0 Å². The van der Waals surface area contributed by atoms with E-state index in [-0.39, 0.29) is 10.6 Å². The molecule has 118 valence electrons. The lowest BCUT2D eigenvalue weighted by Crippen LogP contribution is -2.36. The fraction of sp³-hybridized carbons (Fsp3) is 0.733. The van der Waals surface area contributed by atoms with Gasteiger partial charge in [-0.05, 0) is 25.7 Å². The molecule has 1 atom stereocenters. The first-order chi connectivity index (χ1) is 9.90. The maximum absolute atomic E-state index is 11.4. The van der Waals surface area contributed by atoms with Crippen molar-refractivity contribution >= 4 is 22.0 Å². The first-order valence-corrected chi connectivity index (χ1v) is 8.44. The van der Waals surface area contributed by atoms with Gasteiger partial charge in [0.1, 0.15) is 0 Å². The Labute approximate surface area is 129 Å². The molecule has 1 aromatic heterocycles. The molecular formula is C15H24N2O3S. The van der Waals surface area contributed by atoms with Gasteiger partial charge in [-0.3, -0.25) is 10.1 Å². The lowest BCUT2D eigenvalue weighted by Gasteiger charge is -2.30. The summed E-state index contributed by atoms with van der Waals surface area (Å²) in [4.78, 5) is 13.9. The fourth-order valence-corrected chi connectivity index (χ4v) is 4.08. The van der Waals surface area contributed by atoms with Crippen molar-refractivity contribution < 1.29 is 10.0 Å². The van der Waals surface area contributed by atoms with E-state index in [9.17, 15) is 15.2 Å². The van der Waals surface area contributed by atoms with E-state index in [0.29, 0.717) is 16.8 Å². The summed E-state index contributed by atoms with van der Waals surface area (Å²) in [6.07, 6.45) is 3.94. The number of nitrogens with zero attached hydrogens (tertiary/aromatic N) is 2. The smallest absolute Gasteiger partial charge is 0.304 e. The van der Waals surface area contributed by atoms with Crippen LogP contribution in [0.3, 0.4) is 0 Å². The number of hydrogen-bond donors (Lipinski definition) is 1. The predicted molar refractivity (Wildman–Crippen MR) is 86.0 cm³/mol. The number of nitro groups is 1. The molecule has 0 saturated heterocycles. The van der Waals surface area contributed by atoms with Crippen molar-refractivity contribution in [1.29, 1.82) is 0 Å². The molecule has 0 amide bonds. The summed E-state index contributed by atoms with van der Waals surface area (Å²) in [6.45, 7) is 6.75. The van der Waals surface area contributed by atoms with Gasteiger partial charge in [-0.1, -0.05) is 26.7 Å². The van der Waals surface area contributed by atoms with E-state index >= 15 is 0 Å². The molecule has 5 nitrogen and oxygen atoms in total. The highest BCUT2D eigenvalue weighted by Crippen LogP contribution is 2.43. The summed E-state index contributed by atoms with van der Waals surface area (Å²) in [7, 11) is 0. The average molecular weight is 312 g/mol. The second-order valence-electron chi connectivity index (χ2n) is 6.26. The Morgan fingerprint density at radius 2 is 2.05 bits per heavy atom. The van der Waals surface area contributed by atoms with E-state index < -0.39 is 6.10 Å². The number of aliphatic hydroxyl groups is 1. The Balaban J connectivity index is 2.39. The predicted octanol–water partition coefficient (Wildman–Crippen LogP) is 4.11. The van der Waals surface area contributed by atoms with E-state index in [4.69, 9.17) is 0 Å². The zero-order valence-electron chi connectivity index (χ0n) is 12.9. The second-order valence-corrected chi connectivity index (χ2v) is 7.32. The molecular weight excluding hydrogens is 288 g/mol. The third kappa shape index (κ3) is 3.74. The Kier molecular flexibility index (Phi) is 5.22. The quantitative estimate of drug-likeness (QED) is 0.634. The maximum atomic E-state index is 11.4. The number of rotatable bonds is 6. The molecule has 0 unspecified atom stereocenters. The Morgan fingerprint density at radius 1 is 1.43 bits per heavy atom. The van der Waals surface area contributed by atoms with E-state index in [1.54, 1.807) is 6.92 Å². The summed E-state index contributed by atoms with van der Waals surface area (Å²) in [5, 5.41) is 21.8. The molecule has 2 rings (SSSR count). The van der Waals surface area contributed by atoms with Crippen molar-refractivity contribution in [1.82, 2.24) is 0 Å². The van der Waals surface area contributed by atoms with Crippen LogP contribution >= 0.6 is 11.3 Å². The van der Waals surface area contributed by atoms with Crippen LogP contribution in [0, 0.1) is 16.0 Å². The van der Waals surface area contributed by atoms with Crippen molar-refractivity contribution in [3.63, 3.8) is 0 Å². The van der Waals surface area contributed by atoms with Crippen molar-refractivity contribution in [2.75, 3.05) is 11.4 Å². The minimum Gasteiger partial charge on any atom is -0.388 e. The van der Waals surface area contributed by atoms with Crippen LogP contribution in [0.15, 0.2) is 6.07 Å². The highest BCUT2D eigenvalue weighted by Gasteiger charge is 2.31. The Morgan fingerprint density at radius 3 is 2.52 bits per heavy atom. The van der Waals surface area contributed by atoms with E-state index in [2.05, 4.69) is 18.7 Å². The van der Waals surface area contributed by atoms with E-state index in [1.807, 2.05) is 0 Å². The molecule has 1 heterocycles. The van der Waals surface area contributed by atoms with Gasteiger partial charge in [0, 0.05) is 23.5 Å². The molecule has 6 heteroatoms. The van der Waals surface area contributed by atoms with Crippen LogP contribution in [0.4, 0.5) is 10.7 Å². The van der Waals surface area contributed by atoms with Gasteiger partial charge in [0.2, 0.25) is 0 Å². The number of hydrogen-bond acceptors (Lipinski definition) is 5. The van der Waals surface area contributed by atoms with Crippen LogP contribution in [0.2, 0.25) is 0 Å². The normalized spacial score (nSPS) is 17.4. The van der Waals surface area contributed by atoms with Gasteiger partial charge in [0.25, 0.3) is 0 Å². The van der Waals surface area contributed by atoms with Crippen molar-refractivity contribution in [3.05, 3.63) is 21.1 Å². The van der Waals surface area contributed by atoms with E-state index in [0.717, 1.165) is 24.4 Å². The molecule has 1 aliphatic rings. The Bertz CT molecular complexity index is 493. The zero-order valence-corrected chi connectivity index (χ0v) is 13.7. The van der Waals surface area contributed by atoms with Crippen LogP contribution in [-0.2, 0) is 0 Å². The van der Waals surface area contributed by atoms with Crippen molar-refractivity contribution in [2.45, 2.75) is 58.6 Å². The van der Waals surface area contributed by atoms with Gasteiger partial charge < -0.3 is 10.0 Å². The molecule has 0 aromatic carbocycles. The molecule has 0 radical (unpaired) electrons. The third-order valence-electron chi connectivity index (χ3n) is 3.91. The molecule has 1 saturated carbocycles. The van der Waals surface area contributed by atoms with Crippen molar-refractivity contribution in [3.8, 4) is 0 Å². The molecule has 1 aromatic rings. The topological polar surface area (TPSA) is 66.6 Å². The van der Waals surface area contributed by atoms with E-state index in [1.165, 1.54) is 30.2 Å². The first kappa shape index (κ1) is 16.2. The SMILES string of the molecule is CC(C)CN(c1sc([C@@H](C)O)cc1[N+](=O)[O-])C1CCCC1. The Hall–Kier alpha value is -1.14. The van der Waals surface area contributed by atoms with Gasteiger partial charge >= 0.3 is 5.69 Å². The van der Waals surface area contributed by atoms with Gasteiger partial charge in [0.05, 0.1) is 11.0 Å². The molecule has 0 spiro atoms. The van der Waals surface area contributed by atoms with Crippen LogP contribution in [-0.4, -0.2) is 22.6 Å². The van der Waals surface area contributed by atoms with Crippen LogP contribution < -0.4 is 4.90 Å². The molecule has 1 N–H and O–H groups in total. The van der Waals surface area contributed by atoms with Crippen LogP contribution in [0.5, 0.6) is 0 Å². The molecule has 1 aliphatic carbocycles. The lowest BCUT2D eigenvalue weighted by atomic mass is 10.1. The van der Waals surface area contributed by atoms with Crippen LogP contribution in [0.25, 0.3) is 0 Å².